The minimum absolute atomic E-state index is 0.0639. The summed E-state index contributed by atoms with van der Waals surface area (Å²) < 4.78 is 26.9. The lowest BCUT2D eigenvalue weighted by Crippen LogP contribution is -2.55. The van der Waals surface area contributed by atoms with E-state index in [0.717, 1.165) is 31.4 Å². The fourth-order valence-corrected chi connectivity index (χ4v) is 2.74. The lowest BCUT2D eigenvalue weighted by atomic mass is 9.82. The van der Waals surface area contributed by atoms with E-state index in [1.807, 2.05) is 0 Å². The molecule has 0 spiro atoms. The van der Waals surface area contributed by atoms with E-state index >= 15 is 0 Å². The molecule has 1 aromatic rings. The predicted molar refractivity (Wildman–Crippen MR) is 81.7 cm³/mol. The van der Waals surface area contributed by atoms with Gasteiger partial charge in [0.1, 0.15) is 17.2 Å². The van der Waals surface area contributed by atoms with Crippen LogP contribution in [0.25, 0.3) is 0 Å². The van der Waals surface area contributed by atoms with Gasteiger partial charge in [0.2, 0.25) is 5.91 Å². The predicted octanol–water partition coefficient (Wildman–Crippen LogP) is 1.47. The highest BCUT2D eigenvalue weighted by atomic mass is 19.1. The Balaban J connectivity index is 1.79. The molecule has 0 heterocycles. The van der Waals surface area contributed by atoms with Crippen LogP contribution in [0.15, 0.2) is 18.2 Å². The number of rotatable bonds is 5. The summed E-state index contributed by atoms with van der Waals surface area (Å²) in [6, 6.07) is 3.22. The molecule has 0 atom stereocenters. The fraction of sp³-hybridized carbons (Fsp3) is 0.500. The number of hydrogen-bond donors (Lipinski definition) is 3. The molecule has 23 heavy (non-hydrogen) atoms. The Kier molecular flexibility index (Phi) is 5.65. The summed E-state index contributed by atoms with van der Waals surface area (Å²) in [6.07, 6.45) is 4.22. The molecule has 1 aliphatic carbocycles. The summed E-state index contributed by atoms with van der Waals surface area (Å²) in [5, 5.41) is 5.04. The van der Waals surface area contributed by atoms with Crippen LogP contribution in [-0.2, 0) is 4.79 Å². The van der Waals surface area contributed by atoms with Crippen molar-refractivity contribution in [3.8, 4) is 0 Å². The van der Waals surface area contributed by atoms with E-state index in [1.54, 1.807) is 0 Å². The average Bonchev–Trinajstić information content (AvgIpc) is 2.52. The van der Waals surface area contributed by atoms with Gasteiger partial charge in [-0.25, -0.2) is 8.78 Å². The number of nitrogens with two attached hydrogens (primary N) is 1. The maximum Gasteiger partial charge on any atom is 0.257 e. The van der Waals surface area contributed by atoms with Crippen molar-refractivity contribution < 1.29 is 18.4 Å². The molecule has 0 radical (unpaired) electrons. The van der Waals surface area contributed by atoms with Gasteiger partial charge in [0.25, 0.3) is 5.91 Å². The first-order valence-electron chi connectivity index (χ1n) is 7.73. The molecule has 0 aromatic heterocycles. The molecule has 1 fully saturated rings. The molecule has 0 unspecified atom stereocenters. The zero-order chi connectivity index (χ0) is 16.9. The number of nitrogens with one attached hydrogen (secondary N) is 2. The first-order chi connectivity index (χ1) is 10.9. The van der Waals surface area contributed by atoms with Crippen molar-refractivity contribution in [3.05, 3.63) is 35.4 Å². The van der Waals surface area contributed by atoms with Gasteiger partial charge in [-0.05, 0) is 25.0 Å². The van der Waals surface area contributed by atoms with E-state index in [2.05, 4.69) is 10.6 Å². The normalized spacial score (nSPS) is 16.7. The smallest absolute Gasteiger partial charge is 0.257 e. The minimum atomic E-state index is -0.922. The Morgan fingerprint density at radius 1 is 1.04 bits per heavy atom. The van der Waals surface area contributed by atoms with Gasteiger partial charge in [0.05, 0.1) is 5.54 Å². The van der Waals surface area contributed by atoms with E-state index in [4.69, 9.17) is 5.73 Å². The van der Waals surface area contributed by atoms with Gasteiger partial charge >= 0.3 is 0 Å². The third-order valence-electron chi connectivity index (χ3n) is 4.08. The highest BCUT2D eigenvalue weighted by molar-refractivity contribution is 5.94. The van der Waals surface area contributed by atoms with Crippen LogP contribution in [-0.4, -0.2) is 30.4 Å². The monoisotopic (exact) mass is 325 g/mol. The van der Waals surface area contributed by atoms with Gasteiger partial charge in [-0.1, -0.05) is 25.3 Å². The van der Waals surface area contributed by atoms with Crippen LogP contribution in [0.4, 0.5) is 8.78 Å². The van der Waals surface area contributed by atoms with E-state index in [9.17, 15) is 18.4 Å². The fourth-order valence-electron chi connectivity index (χ4n) is 2.74. The molecule has 7 heteroatoms. The summed E-state index contributed by atoms with van der Waals surface area (Å²) in [5.74, 6) is -2.94. The highest BCUT2D eigenvalue weighted by Gasteiger charge is 2.34. The Labute approximate surface area is 133 Å². The molecule has 5 nitrogen and oxygen atoms in total. The van der Waals surface area contributed by atoms with Crippen molar-refractivity contribution in [3.63, 3.8) is 0 Å². The first kappa shape index (κ1) is 17.3. The molecule has 0 aliphatic heterocycles. The van der Waals surface area contributed by atoms with Gasteiger partial charge in [-0.3, -0.25) is 9.59 Å². The lowest BCUT2D eigenvalue weighted by molar-refractivity contribution is -0.127. The van der Waals surface area contributed by atoms with Crippen molar-refractivity contribution >= 4 is 11.8 Å². The van der Waals surface area contributed by atoms with Crippen molar-refractivity contribution in [1.29, 1.82) is 0 Å². The van der Waals surface area contributed by atoms with Crippen LogP contribution in [0, 0.1) is 11.6 Å². The topological polar surface area (TPSA) is 84.2 Å². The molecule has 0 saturated heterocycles. The SMILES string of the molecule is NC1(C(=O)NCCNC(=O)c2c(F)cccc2F)CCCCC1. The van der Waals surface area contributed by atoms with Crippen LogP contribution in [0.3, 0.4) is 0 Å². The number of carbonyl (C=O) groups excluding carboxylic acids is 2. The highest BCUT2D eigenvalue weighted by Crippen LogP contribution is 2.25. The number of halogens is 2. The van der Waals surface area contributed by atoms with Gasteiger partial charge in [0, 0.05) is 13.1 Å². The number of carbonyl (C=O) groups is 2. The Hall–Kier alpha value is -2.02. The molecule has 0 bridgehead atoms. The average molecular weight is 325 g/mol. The second-order valence-electron chi connectivity index (χ2n) is 5.83. The molecular formula is C16H21F2N3O2. The largest absolute Gasteiger partial charge is 0.353 e. The summed E-state index contributed by atoms with van der Waals surface area (Å²) in [7, 11) is 0. The summed E-state index contributed by atoms with van der Waals surface area (Å²) >= 11 is 0. The van der Waals surface area contributed by atoms with Gasteiger partial charge < -0.3 is 16.4 Å². The van der Waals surface area contributed by atoms with Crippen LogP contribution in [0.5, 0.6) is 0 Å². The molecule has 1 aromatic carbocycles. The minimum Gasteiger partial charge on any atom is -0.353 e. The molecule has 4 N–H and O–H groups in total. The van der Waals surface area contributed by atoms with Crippen molar-refractivity contribution in [2.45, 2.75) is 37.6 Å². The molecule has 1 aliphatic rings. The quantitative estimate of drug-likeness (QED) is 0.717. The molecule has 2 rings (SSSR count). The van der Waals surface area contributed by atoms with E-state index in [0.29, 0.717) is 12.8 Å². The Morgan fingerprint density at radius 2 is 1.61 bits per heavy atom. The van der Waals surface area contributed by atoms with Crippen molar-refractivity contribution in [2.24, 2.45) is 5.73 Å². The summed E-state index contributed by atoms with van der Waals surface area (Å²) in [5.41, 5.74) is 4.61. The van der Waals surface area contributed by atoms with Gasteiger partial charge in [-0.15, -0.1) is 0 Å². The van der Waals surface area contributed by atoms with E-state index < -0.39 is 28.6 Å². The van der Waals surface area contributed by atoms with Crippen LogP contribution in [0.1, 0.15) is 42.5 Å². The maximum atomic E-state index is 13.4. The maximum absolute atomic E-state index is 13.4. The van der Waals surface area contributed by atoms with E-state index in [1.165, 1.54) is 6.07 Å². The second-order valence-corrected chi connectivity index (χ2v) is 5.83. The molecule has 126 valence electrons. The Morgan fingerprint density at radius 3 is 2.22 bits per heavy atom. The van der Waals surface area contributed by atoms with Crippen molar-refractivity contribution in [1.82, 2.24) is 10.6 Å². The van der Waals surface area contributed by atoms with Crippen LogP contribution < -0.4 is 16.4 Å². The number of hydrogen-bond acceptors (Lipinski definition) is 3. The van der Waals surface area contributed by atoms with Gasteiger partial charge in [0.15, 0.2) is 0 Å². The number of benzene rings is 1. The lowest BCUT2D eigenvalue weighted by Gasteiger charge is -2.31. The van der Waals surface area contributed by atoms with Gasteiger partial charge in [-0.2, -0.15) is 0 Å². The second kappa shape index (κ2) is 7.50. The number of amides is 2. The zero-order valence-electron chi connectivity index (χ0n) is 12.8. The third kappa shape index (κ3) is 4.25. The summed E-state index contributed by atoms with van der Waals surface area (Å²) in [4.78, 5) is 23.8. The Bertz CT molecular complexity index is 566. The van der Waals surface area contributed by atoms with Crippen LogP contribution >= 0.6 is 0 Å². The molecular weight excluding hydrogens is 304 g/mol. The van der Waals surface area contributed by atoms with Crippen LogP contribution in [0.2, 0.25) is 0 Å². The molecule has 1 saturated carbocycles. The zero-order valence-corrected chi connectivity index (χ0v) is 12.8. The standard InChI is InChI=1S/C16H21F2N3O2/c17-11-5-4-6-12(18)13(11)14(22)20-9-10-21-15(23)16(19)7-2-1-3-8-16/h4-6H,1-3,7-10,19H2,(H,20,22)(H,21,23). The third-order valence-corrected chi connectivity index (χ3v) is 4.08. The van der Waals surface area contributed by atoms with E-state index in [-0.39, 0.29) is 19.0 Å². The first-order valence-corrected chi connectivity index (χ1v) is 7.73. The summed E-state index contributed by atoms with van der Waals surface area (Å²) in [6.45, 7) is 0.216. The molecule has 2 amide bonds. The van der Waals surface area contributed by atoms with Crippen molar-refractivity contribution in [2.75, 3.05) is 13.1 Å².